The van der Waals surface area contributed by atoms with Crippen LogP contribution in [-0.2, 0) is 20.7 Å². The van der Waals surface area contributed by atoms with E-state index in [0.717, 1.165) is 26.6 Å². The SMILES string of the molecule is CCOC(=O)Cc1csc(NC(=O)CSc2nc(C(C)C)nc3sc(C)c(C)c23)n1. The maximum absolute atomic E-state index is 12.5. The Hall–Kier alpha value is -2.04. The summed E-state index contributed by atoms with van der Waals surface area (Å²) in [6, 6.07) is 0. The lowest BCUT2D eigenvalue weighted by atomic mass is 10.2. The van der Waals surface area contributed by atoms with Crippen LogP contribution in [0.15, 0.2) is 10.4 Å². The number of thioether (sulfide) groups is 1. The van der Waals surface area contributed by atoms with E-state index < -0.39 is 0 Å². The van der Waals surface area contributed by atoms with Gasteiger partial charge in [-0.1, -0.05) is 25.6 Å². The van der Waals surface area contributed by atoms with Gasteiger partial charge in [0.15, 0.2) is 5.13 Å². The Morgan fingerprint density at radius 3 is 2.70 bits per heavy atom. The van der Waals surface area contributed by atoms with Gasteiger partial charge in [-0.25, -0.2) is 15.0 Å². The molecular formula is C20H24N4O3S3. The molecule has 0 aliphatic rings. The summed E-state index contributed by atoms with van der Waals surface area (Å²) >= 11 is 4.36. The molecule has 0 bridgehead atoms. The molecule has 3 heterocycles. The number of hydrogen-bond acceptors (Lipinski definition) is 9. The summed E-state index contributed by atoms with van der Waals surface area (Å²) in [6.45, 7) is 10.4. The molecule has 3 rings (SSSR count). The Balaban J connectivity index is 1.68. The van der Waals surface area contributed by atoms with E-state index in [1.165, 1.54) is 28.0 Å². The molecule has 3 aromatic rings. The highest BCUT2D eigenvalue weighted by molar-refractivity contribution is 8.00. The van der Waals surface area contributed by atoms with Crippen molar-refractivity contribution in [3.05, 3.63) is 27.3 Å². The van der Waals surface area contributed by atoms with Crippen LogP contribution in [0.3, 0.4) is 0 Å². The topological polar surface area (TPSA) is 94.1 Å². The van der Waals surface area contributed by atoms with Crippen molar-refractivity contribution in [1.29, 1.82) is 0 Å². The van der Waals surface area contributed by atoms with E-state index in [1.54, 1.807) is 23.6 Å². The number of aromatic nitrogens is 3. The van der Waals surface area contributed by atoms with Crippen LogP contribution in [0.2, 0.25) is 0 Å². The van der Waals surface area contributed by atoms with Crippen LogP contribution < -0.4 is 5.32 Å². The third-order valence-corrected chi connectivity index (χ3v) is 7.18. The summed E-state index contributed by atoms with van der Waals surface area (Å²) < 4.78 is 4.92. The van der Waals surface area contributed by atoms with Crippen molar-refractivity contribution in [1.82, 2.24) is 15.0 Å². The fourth-order valence-corrected chi connectivity index (χ4v) is 5.41. The number of rotatable bonds is 8. The molecule has 1 amide bonds. The summed E-state index contributed by atoms with van der Waals surface area (Å²) in [7, 11) is 0. The minimum atomic E-state index is -0.327. The molecule has 0 saturated carbocycles. The second kappa shape index (κ2) is 9.84. The van der Waals surface area contributed by atoms with Crippen LogP contribution in [0, 0.1) is 13.8 Å². The predicted octanol–water partition coefficient (Wildman–Crippen LogP) is 4.72. The lowest BCUT2D eigenvalue weighted by Gasteiger charge is -2.09. The molecule has 160 valence electrons. The number of anilines is 1. The van der Waals surface area contributed by atoms with Crippen LogP contribution in [0.25, 0.3) is 10.2 Å². The third kappa shape index (κ3) is 5.35. The van der Waals surface area contributed by atoms with E-state index >= 15 is 0 Å². The number of carbonyl (C=O) groups is 2. The van der Waals surface area contributed by atoms with Gasteiger partial charge in [0.05, 0.1) is 24.5 Å². The van der Waals surface area contributed by atoms with E-state index in [4.69, 9.17) is 14.7 Å². The first-order valence-corrected chi connectivity index (χ1v) is 12.3. The summed E-state index contributed by atoms with van der Waals surface area (Å²) in [5.74, 6) is 0.713. The van der Waals surface area contributed by atoms with Gasteiger partial charge in [0.2, 0.25) is 5.91 Å². The molecule has 0 atom stereocenters. The van der Waals surface area contributed by atoms with E-state index in [0.29, 0.717) is 17.4 Å². The Morgan fingerprint density at radius 1 is 1.23 bits per heavy atom. The molecule has 1 N–H and O–H groups in total. The highest BCUT2D eigenvalue weighted by atomic mass is 32.2. The van der Waals surface area contributed by atoms with Crippen molar-refractivity contribution in [2.24, 2.45) is 0 Å². The first-order chi connectivity index (χ1) is 14.3. The number of thiazole rings is 1. The van der Waals surface area contributed by atoms with E-state index in [1.807, 2.05) is 0 Å². The zero-order valence-electron chi connectivity index (χ0n) is 17.6. The number of nitrogens with one attached hydrogen (secondary N) is 1. The number of esters is 1. The van der Waals surface area contributed by atoms with Crippen LogP contribution in [0.1, 0.15) is 48.6 Å². The second-order valence-corrected chi connectivity index (χ2v) is 9.99. The first-order valence-electron chi connectivity index (χ1n) is 9.58. The number of carbonyl (C=O) groups excluding carboxylic acids is 2. The van der Waals surface area contributed by atoms with Gasteiger partial charge in [0.1, 0.15) is 15.7 Å². The molecule has 10 heteroatoms. The van der Waals surface area contributed by atoms with Gasteiger partial charge in [-0.2, -0.15) is 0 Å². The van der Waals surface area contributed by atoms with Crippen molar-refractivity contribution in [3.8, 4) is 0 Å². The quantitative estimate of drug-likeness (QED) is 0.293. The molecule has 0 aromatic carbocycles. The average molecular weight is 465 g/mol. The van der Waals surface area contributed by atoms with Crippen LogP contribution >= 0.6 is 34.4 Å². The zero-order valence-corrected chi connectivity index (χ0v) is 20.0. The number of aryl methyl sites for hydroxylation is 2. The van der Waals surface area contributed by atoms with Gasteiger partial charge in [-0.3, -0.25) is 9.59 Å². The maximum Gasteiger partial charge on any atom is 0.311 e. The van der Waals surface area contributed by atoms with E-state index in [2.05, 4.69) is 38.0 Å². The standard InChI is InChI=1S/C20H24N4O3S3/c1-6-27-15(26)7-13-8-29-20(21-13)22-14(25)9-28-18-16-11(4)12(5)30-19(16)24-17(23-18)10(2)3/h8,10H,6-7,9H2,1-5H3,(H,21,22,25). The molecule has 0 fully saturated rings. The molecule has 0 aliphatic heterocycles. The lowest BCUT2D eigenvalue weighted by molar-refractivity contribution is -0.142. The van der Waals surface area contributed by atoms with Crippen molar-refractivity contribution in [2.75, 3.05) is 17.7 Å². The summed E-state index contributed by atoms with van der Waals surface area (Å²) in [4.78, 5) is 39.9. The Kier molecular flexibility index (Phi) is 7.43. The van der Waals surface area contributed by atoms with Gasteiger partial charge in [-0.05, 0) is 26.3 Å². The second-order valence-electron chi connectivity index (χ2n) is 6.97. The Bertz CT molecular complexity index is 1070. The fourth-order valence-electron chi connectivity index (χ4n) is 2.69. The molecule has 7 nitrogen and oxygen atoms in total. The zero-order chi connectivity index (χ0) is 21.8. The molecule has 0 unspecified atom stereocenters. The number of thiophene rings is 1. The first kappa shape index (κ1) is 22.6. The smallest absolute Gasteiger partial charge is 0.311 e. The molecule has 30 heavy (non-hydrogen) atoms. The van der Waals surface area contributed by atoms with Crippen molar-refractivity contribution in [2.45, 2.75) is 52.0 Å². The fraction of sp³-hybridized carbons (Fsp3) is 0.450. The van der Waals surface area contributed by atoms with Crippen LogP contribution in [0.5, 0.6) is 0 Å². The summed E-state index contributed by atoms with van der Waals surface area (Å²) in [5, 5.41) is 6.89. The van der Waals surface area contributed by atoms with Gasteiger partial charge >= 0.3 is 5.97 Å². The normalized spacial score (nSPS) is 11.3. The van der Waals surface area contributed by atoms with Crippen LogP contribution in [-0.4, -0.2) is 39.2 Å². The number of hydrogen-bond donors (Lipinski definition) is 1. The average Bonchev–Trinajstić information content (AvgIpc) is 3.23. The molecular weight excluding hydrogens is 440 g/mol. The molecule has 0 saturated heterocycles. The Morgan fingerprint density at radius 2 is 2.00 bits per heavy atom. The molecule has 0 aliphatic carbocycles. The van der Waals surface area contributed by atoms with Crippen molar-refractivity contribution in [3.63, 3.8) is 0 Å². The van der Waals surface area contributed by atoms with Gasteiger partial charge in [-0.15, -0.1) is 22.7 Å². The minimum Gasteiger partial charge on any atom is -0.466 e. The largest absolute Gasteiger partial charge is 0.466 e. The van der Waals surface area contributed by atoms with Crippen LogP contribution in [0.4, 0.5) is 5.13 Å². The summed E-state index contributed by atoms with van der Waals surface area (Å²) in [5.41, 5.74) is 1.75. The molecule has 3 aromatic heterocycles. The van der Waals surface area contributed by atoms with Crippen molar-refractivity contribution < 1.29 is 14.3 Å². The number of ether oxygens (including phenoxy) is 1. The predicted molar refractivity (Wildman–Crippen MR) is 123 cm³/mol. The highest BCUT2D eigenvalue weighted by Gasteiger charge is 2.18. The molecule has 0 radical (unpaired) electrons. The number of amides is 1. The number of nitrogens with zero attached hydrogens (tertiary/aromatic N) is 3. The van der Waals surface area contributed by atoms with E-state index in [9.17, 15) is 9.59 Å². The van der Waals surface area contributed by atoms with Gasteiger partial charge < -0.3 is 10.1 Å². The Labute approximate surface area is 187 Å². The summed E-state index contributed by atoms with van der Waals surface area (Å²) in [6.07, 6.45) is 0.0998. The highest BCUT2D eigenvalue weighted by Crippen LogP contribution is 2.36. The van der Waals surface area contributed by atoms with E-state index in [-0.39, 0.29) is 30.0 Å². The monoisotopic (exact) mass is 464 g/mol. The third-order valence-electron chi connectivity index (χ3n) is 4.30. The minimum absolute atomic E-state index is 0.0998. The molecule has 0 spiro atoms. The van der Waals surface area contributed by atoms with Crippen molar-refractivity contribution >= 4 is 61.7 Å². The van der Waals surface area contributed by atoms with Gasteiger partial charge in [0.25, 0.3) is 0 Å². The van der Waals surface area contributed by atoms with Gasteiger partial charge in [0, 0.05) is 21.6 Å². The maximum atomic E-state index is 12.5. The lowest BCUT2D eigenvalue weighted by Crippen LogP contribution is -2.14. The number of fused-ring (bicyclic) bond motifs is 1.